The molecular formula is C15H13N6O3S2+. The molecule has 0 saturated carbocycles. The van der Waals surface area contributed by atoms with Crippen molar-refractivity contribution in [3.05, 3.63) is 41.5 Å². The van der Waals surface area contributed by atoms with Gasteiger partial charge in [0.05, 0.1) is 10.6 Å². The van der Waals surface area contributed by atoms with E-state index in [1.807, 2.05) is 12.1 Å². The highest BCUT2D eigenvalue weighted by atomic mass is 32.2. The standard InChI is InChI=1S/C15H12N6O3S2/c16-6-9-5-10(7-17)15(21-14(9)18)25-8-13(22)20-11-1-3-12(4-2-11)26(19,23)24/h1-5H,8H2,(H2,18,21)(H,20,22)(H2,19,23,24)/p+1. The van der Waals surface area contributed by atoms with Crippen LogP contribution in [0.4, 0.5) is 11.5 Å². The highest BCUT2D eigenvalue weighted by Crippen LogP contribution is 2.21. The Balaban J connectivity index is 2.05. The zero-order valence-electron chi connectivity index (χ0n) is 13.2. The SMILES string of the molecule is N#Cc1cc(C#N)c(SCC(=O)Nc2ccc(S(N)(=O)=O)cc2)[nH+]c1N. The lowest BCUT2D eigenvalue weighted by Crippen LogP contribution is -2.19. The number of thioether (sulfide) groups is 1. The Labute approximate surface area is 153 Å². The molecule has 0 radical (unpaired) electrons. The highest BCUT2D eigenvalue weighted by molar-refractivity contribution is 7.99. The van der Waals surface area contributed by atoms with E-state index < -0.39 is 10.0 Å². The maximum absolute atomic E-state index is 12.0. The molecule has 0 aliphatic heterocycles. The van der Waals surface area contributed by atoms with Crippen molar-refractivity contribution in [3.8, 4) is 12.1 Å². The molecule has 11 heteroatoms. The lowest BCUT2D eigenvalue weighted by molar-refractivity contribution is -0.410. The first-order valence-corrected chi connectivity index (χ1v) is 9.49. The molecule has 0 spiro atoms. The van der Waals surface area contributed by atoms with Crippen molar-refractivity contribution in [1.82, 2.24) is 0 Å². The number of nitrogens with one attached hydrogen (secondary N) is 2. The van der Waals surface area contributed by atoms with E-state index in [0.717, 1.165) is 11.8 Å². The van der Waals surface area contributed by atoms with Crippen molar-refractivity contribution < 1.29 is 18.2 Å². The Morgan fingerprint density at radius 2 is 1.81 bits per heavy atom. The minimum Gasteiger partial charge on any atom is -0.325 e. The van der Waals surface area contributed by atoms with Crippen LogP contribution in [0.15, 0.2) is 40.3 Å². The maximum atomic E-state index is 12.0. The molecule has 26 heavy (non-hydrogen) atoms. The first-order chi connectivity index (χ1) is 12.2. The van der Waals surface area contributed by atoms with Crippen molar-refractivity contribution in [1.29, 1.82) is 10.5 Å². The molecule has 0 fully saturated rings. The molecule has 0 bridgehead atoms. The molecule has 0 aliphatic rings. The van der Waals surface area contributed by atoms with Crippen molar-refractivity contribution in [2.45, 2.75) is 9.92 Å². The number of carbonyl (C=O) groups is 1. The first kappa shape index (κ1) is 19.2. The van der Waals surface area contributed by atoms with Gasteiger partial charge in [-0.15, -0.1) is 0 Å². The van der Waals surface area contributed by atoms with E-state index in [0.29, 0.717) is 10.7 Å². The number of nitrogen functional groups attached to an aromatic ring is 1. The molecule has 0 atom stereocenters. The van der Waals surface area contributed by atoms with E-state index in [1.165, 1.54) is 30.3 Å². The number of pyridine rings is 1. The number of aromatic nitrogens is 1. The van der Waals surface area contributed by atoms with Gasteiger partial charge in [0.2, 0.25) is 15.9 Å². The average Bonchev–Trinajstić information content (AvgIpc) is 2.59. The minimum absolute atomic E-state index is 0.0343. The summed E-state index contributed by atoms with van der Waals surface area (Å²) in [5.41, 5.74) is 6.41. The van der Waals surface area contributed by atoms with E-state index in [4.69, 9.17) is 21.4 Å². The minimum atomic E-state index is -3.80. The predicted octanol–water partition coefficient (Wildman–Crippen LogP) is 0.204. The van der Waals surface area contributed by atoms with Crippen LogP contribution in [0.1, 0.15) is 11.1 Å². The molecule has 132 valence electrons. The number of aromatic amines is 1. The van der Waals surface area contributed by atoms with Crippen molar-refractivity contribution in [2.24, 2.45) is 5.14 Å². The fraction of sp³-hybridized carbons (Fsp3) is 0.0667. The third-order valence-corrected chi connectivity index (χ3v) is 5.07. The Hall–Kier alpha value is -3.12. The molecule has 1 aromatic heterocycles. The number of nitrogens with zero attached hydrogens (tertiary/aromatic N) is 2. The Bertz CT molecular complexity index is 1040. The fourth-order valence-corrected chi connectivity index (χ4v) is 3.20. The van der Waals surface area contributed by atoms with Crippen molar-refractivity contribution in [3.63, 3.8) is 0 Å². The van der Waals surface area contributed by atoms with Gasteiger partial charge in [-0.25, -0.2) is 18.5 Å². The number of anilines is 2. The van der Waals surface area contributed by atoms with Crippen LogP contribution in [0, 0.1) is 22.7 Å². The number of hydrogen-bond acceptors (Lipinski definition) is 7. The van der Waals surface area contributed by atoms with Gasteiger partial charge < -0.3 is 5.32 Å². The molecule has 0 unspecified atom stereocenters. The second-order valence-electron chi connectivity index (χ2n) is 4.97. The van der Waals surface area contributed by atoms with E-state index >= 15 is 0 Å². The van der Waals surface area contributed by atoms with Gasteiger partial charge in [-0.3, -0.25) is 10.5 Å². The Morgan fingerprint density at radius 1 is 1.19 bits per heavy atom. The van der Waals surface area contributed by atoms with Gasteiger partial charge in [0, 0.05) is 5.69 Å². The molecule has 0 aliphatic carbocycles. The predicted molar refractivity (Wildman–Crippen MR) is 94.0 cm³/mol. The third kappa shape index (κ3) is 4.70. The van der Waals surface area contributed by atoms with E-state index in [-0.39, 0.29) is 33.5 Å². The molecule has 1 aromatic carbocycles. The van der Waals surface area contributed by atoms with Crippen LogP contribution >= 0.6 is 11.8 Å². The number of rotatable bonds is 5. The molecule has 2 rings (SSSR count). The topological polar surface area (TPSA) is 177 Å². The number of benzene rings is 1. The van der Waals surface area contributed by atoms with Crippen LogP contribution in [-0.4, -0.2) is 20.1 Å². The van der Waals surface area contributed by atoms with Gasteiger partial charge >= 0.3 is 0 Å². The summed E-state index contributed by atoms with van der Waals surface area (Å²) in [5.74, 6) is -0.306. The molecule has 2 aromatic rings. The first-order valence-electron chi connectivity index (χ1n) is 6.96. The van der Waals surface area contributed by atoms with Crippen LogP contribution in [0.25, 0.3) is 0 Å². The summed E-state index contributed by atoms with van der Waals surface area (Å²) in [6.07, 6.45) is 0. The quantitative estimate of drug-likeness (QED) is 0.611. The van der Waals surface area contributed by atoms with Crippen molar-refractivity contribution >= 4 is 39.2 Å². The number of amides is 1. The lowest BCUT2D eigenvalue weighted by atomic mass is 10.2. The molecule has 9 nitrogen and oxygen atoms in total. The summed E-state index contributed by atoms with van der Waals surface area (Å²) in [7, 11) is -3.80. The number of carbonyl (C=O) groups excluding carboxylic acids is 1. The fourth-order valence-electron chi connectivity index (χ4n) is 1.90. The van der Waals surface area contributed by atoms with Gasteiger partial charge in [0.1, 0.15) is 23.3 Å². The van der Waals surface area contributed by atoms with Crippen LogP contribution in [0.3, 0.4) is 0 Å². The van der Waals surface area contributed by atoms with Gasteiger partial charge in [-0.05, 0) is 30.3 Å². The second-order valence-corrected chi connectivity index (χ2v) is 7.52. The number of primary sulfonamides is 1. The summed E-state index contributed by atoms with van der Waals surface area (Å²) in [6.45, 7) is 0. The summed E-state index contributed by atoms with van der Waals surface area (Å²) < 4.78 is 22.4. The molecule has 6 N–H and O–H groups in total. The zero-order valence-corrected chi connectivity index (χ0v) is 14.8. The smallest absolute Gasteiger partial charge is 0.289 e. The number of nitriles is 2. The van der Waals surface area contributed by atoms with E-state index in [9.17, 15) is 13.2 Å². The second kappa shape index (κ2) is 7.84. The molecule has 0 saturated heterocycles. The number of H-pyrrole nitrogens is 1. The monoisotopic (exact) mass is 389 g/mol. The van der Waals surface area contributed by atoms with Crippen LogP contribution < -0.4 is 21.2 Å². The van der Waals surface area contributed by atoms with E-state index in [2.05, 4.69) is 10.3 Å². The largest absolute Gasteiger partial charge is 0.325 e. The van der Waals surface area contributed by atoms with Gasteiger partial charge in [-0.1, -0.05) is 11.8 Å². The van der Waals surface area contributed by atoms with Gasteiger partial charge in [0.25, 0.3) is 5.82 Å². The number of nitrogens with two attached hydrogens (primary N) is 2. The highest BCUT2D eigenvalue weighted by Gasteiger charge is 2.16. The molecular weight excluding hydrogens is 376 g/mol. The zero-order chi connectivity index (χ0) is 19.3. The normalized spacial score (nSPS) is 10.6. The summed E-state index contributed by atoms with van der Waals surface area (Å²) in [4.78, 5) is 14.7. The lowest BCUT2D eigenvalue weighted by Gasteiger charge is -2.06. The van der Waals surface area contributed by atoms with Gasteiger partial charge in [-0.2, -0.15) is 10.5 Å². The van der Waals surface area contributed by atoms with Gasteiger partial charge in [0.15, 0.2) is 5.03 Å². The number of sulfonamides is 1. The van der Waals surface area contributed by atoms with E-state index in [1.54, 1.807) is 0 Å². The van der Waals surface area contributed by atoms with Crippen LogP contribution in [0.5, 0.6) is 0 Å². The van der Waals surface area contributed by atoms with Crippen molar-refractivity contribution in [2.75, 3.05) is 16.8 Å². The summed E-state index contributed by atoms with van der Waals surface area (Å²) >= 11 is 1.04. The molecule has 1 amide bonds. The maximum Gasteiger partial charge on any atom is 0.289 e. The average molecular weight is 389 g/mol. The summed E-state index contributed by atoms with van der Waals surface area (Å²) in [6, 6.07) is 10.5. The Morgan fingerprint density at radius 3 is 2.35 bits per heavy atom. The third-order valence-electron chi connectivity index (χ3n) is 3.13. The number of hydrogen-bond donors (Lipinski definition) is 3. The molecule has 1 heterocycles. The Kier molecular flexibility index (Phi) is 5.79. The summed E-state index contributed by atoms with van der Waals surface area (Å²) in [5, 5.41) is 26.0. The van der Waals surface area contributed by atoms with Crippen LogP contribution in [0.2, 0.25) is 0 Å². The van der Waals surface area contributed by atoms with Crippen LogP contribution in [-0.2, 0) is 14.8 Å².